The molecule has 1 aromatic carbocycles. The summed E-state index contributed by atoms with van der Waals surface area (Å²) in [7, 11) is 2.00. The fourth-order valence-corrected chi connectivity index (χ4v) is 1.95. The number of nitrogens with zero attached hydrogens (tertiary/aromatic N) is 2. The van der Waals surface area contributed by atoms with E-state index >= 15 is 0 Å². The predicted molar refractivity (Wildman–Crippen MR) is 77.9 cm³/mol. The molecule has 92 valence electrons. The van der Waals surface area contributed by atoms with Gasteiger partial charge in [-0.15, -0.1) is 0 Å². The summed E-state index contributed by atoms with van der Waals surface area (Å²) in [5.41, 5.74) is 2.24. The Labute approximate surface area is 105 Å². The van der Waals surface area contributed by atoms with Gasteiger partial charge in [0.25, 0.3) is 0 Å². The quantitative estimate of drug-likeness (QED) is 0.725. The van der Waals surface area contributed by atoms with Gasteiger partial charge in [0, 0.05) is 7.05 Å². The topological polar surface area (TPSA) is 17.8 Å². The number of fused-ring (bicyclic) bond motifs is 1. The van der Waals surface area contributed by atoms with Crippen LogP contribution in [0.15, 0.2) is 30.6 Å². The summed E-state index contributed by atoms with van der Waals surface area (Å²) in [4.78, 5) is 4.18. The van der Waals surface area contributed by atoms with Crippen LogP contribution in [0.3, 0.4) is 0 Å². The van der Waals surface area contributed by atoms with Crippen LogP contribution in [0.2, 0.25) is 19.0 Å². The lowest BCUT2D eigenvalue weighted by atomic mass is 9.44. The Bertz CT molecular complexity index is 427. The molecule has 3 heteroatoms. The Hall–Kier alpha value is -1.25. The van der Waals surface area contributed by atoms with Crippen LogP contribution >= 0.6 is 0 Å². The second-order valence-electron chi connectivity index (χ2n) is 4.43. The van der Waals surface area contributed by atoms with Crippen molar-refractivity contribution in [2.24, 2.45) is 7.05 Å². The largest absolute Gasteiger partial charge is 0.334 e. The summed E-state index contributed by atoms with van der Waals surface area (Å²) in [6, 6.07) is 8.08. The van der Waals surface area contributed by atoms with Crippen molar-refractivity contribution in [2.75, 3.05) is 0 Å². The van der Waals surface area contributed by atoms with Crippen molar-refractivity contribution in [1.29, 1.82) is 0 Å². The van der Waals surface area contributed by atoms with Crippen LogP contribution in [-0.2, 0) is 7.05 Å². The van der Waals surface area contributed by atoms with Gasteiger partial charge < -0.3 is 4.57 Å². The Morgan fingerprint density at radius 3 is 2.12 bits per heavy atom. The minimum absolute atomic E-state index is 0.986. The van der Waals surface area contributed by atoms with Gasteiger partial charge in [0.1, 0.15) is 6.71 Å². The number of aromatic nitrogens is 2. The average molecular weight is 230 g/mol. The zero-order valence-corrected chi connectivity index (χ0v) is 11.5. The number of hydrogen-bond acceptors (Lipinski definition) is 1. The molecule has 0 saturated heterocycles. The second-order valence-corrected chi connectivity index (χ2v) is 4.43. The van der Waals surface area contributed by atoms with E-state index in [9.17, 15) is 0 Å². The normalized spacial score (nSPS) is 9.88. The van der Waals surface area contributed by atoms with E-state index in [4.69, 9.17) is 0 Å². The molecule has 17 heavy (non-hydrogen) atoms. The van der Waals surface area contributed by atoms with Crippen molar-refractivity contribution < 1.29 is 0 Å². The Morgan fingerprint density at radius 1 is 1.06 bits per heavy atom. The molecule has 2 aromatic rings. The van der Waals surface area contributed by atoms with Crippen molar-refractivity contribution in [3.05, 3.63) is 30.6 Å². The molecule has 1 heterocycles. The lowest BCUT2D eigenvalue weighted by molar-refractivity contribution is 0.948. The summed E-state index contributed by atoms with van der Waals surface area (Å²) in [5.74, 6) is 0. The van der Waals surface area contributed by atoms with E-state index in [0.717, 1.165) is 12.2 Å². The number of benzene rings is 1. The first-order chi connectivity index (χ1) is 8.22. The van der Waals surface area contributed by atoms with Crippen molar-refractivity contribution in [3.63, 3.8) is 0 Å². The molecule has 0 N–H and O–H groups in total. The molecule has 2 rings (SSSR count). The van der Waals surface area contributed by atoms with E-state index in [1.54, 1.807) is 0 Å². The fraction of sp³-hybridized carbons (Fsp3) is 0.500. The standard InChI is InChI=1S/C8H8N2.C6H15B/c1-10-6-9-7-4-2-3-5-8(7)10;1-4-7(5-2)6-3/h2-6H,1H3;4-6H2,1-3H3. The van der Waals surface area contributed by atoms with Crippen LogP contribution in [0.25, 0.3) is 11.0 Å². The molecular formula is C14H23BN2. The van der Waals surface area contributed by atoms with E-state index in [1.807, 2.05) is 36.1 Å². The Morgan fingerprint density at radius 2 is 1.65 bits per heavy atom. The van der Waals surface area contributed by atoms with Crippen LogP contribution in [-0.4, -0.2) is 16.3 Å². The summed E-state index contributed by atoms with van der Waals surface area (Å²) in [6.45, 7) is 7.77. The summed E-state index contributed by atoms with van der Waals surface area (Å²) >= 11 is 0. The minimum Gasteiger partial charge on any atom is -0.334 e. The van der Waals surface area contributed by atoms with E-state index < -0.39 is 0 Å². The Balaban J connectivity index is 0.000000185. The molecule has 0 atom stereocenters. The van der Waals surface area contributed by atoms with E-state index in [-0.39, 0.29) is 0 Å². The molecule has 0 aliphatic rings. The number of aryl methyl sites for hydroxylation is 1. The highest BCUT2D eigenvalue weighted by molar-refractivity contribution is 6.58. The average Bonchev–Trinajstić information content (AvgIpc) is 2.75. The third kappa shape index (κ3) is 3.92. The van der Waals surface area contributed by atoms with E-state index in [0.29, 0.717) is 0 Å². The molecule has 0 aliphatic heterocycles. The monoisotopic (exact) mass is 230 g/mol. The van der Waals surface area contributed by atoms with Crippen molar-refractivity contribution >= 4 is 17.7 Å². The van der Waals surface area contributed by atoms with Crippen LogP contribution in [0.1, 0.15) is 20.8 Å². The van der Waals surface area contributed by atoms with Crippen LogP contribution in [0.5, 0.6) is 0 Å². The van der Waals surface area contributed by atoms with Gasteiger partial charge in [0.15, 0.2) is 0 Å². The van der Waals surface area contributed by atoms with Crippen molar-refractivity contribution in [1.82, 2.24) is 9.55 Å². The molecule has 0 saturated carbocycles. The minimum atomic E-state index is 0.986. The molecule has 2 nitrogen and oxygen atoms in total. The van der Waals surface area contributed by atoms with Gasteiger partial charge in [0.05, 0.1) is 17.4 Å². The molecule has 0 amide bonds. The first kappa shape index (κ1) is 13.8. The number of rotatable bonds is 3. The zero-order valence-electron chi connectivity index (χ0n) is 11.5. The molecular weight excluding hydrogens is 207 g/mol. The van der Waals surface area contributed by atoms with Gasteiger partial charge in [0.2, 0.25) is 0 Å². The number of hydrogen-bond donors (Lipinski definition) is 0. The summed E-state index contributed by atoms with van der Waals surface area (Å²) < 4.78 is 2.01. The van der Waals surface area contributed by atoms with Gasteiger partial charge in [-0.05, 0) is 12.1 Å². The lowest BCUT2D eigenvalue weighted by Gasteiger charge is -2.00. The molecule has 0 radical (unpaired) electrons. The van der Waals surface area contributed by atoms with Gasteiger partial charge in [-0.1, -0.05) is 51.9 Å². The lowest BCUT2D eigenvalue weighted by Crippen LogP contribution is -2.04. The first-order valence-corrected chi connectivity index (χ1v) is 6.58. The van der Waals surface area contributed by atoms with E-state index in [1.165, 1.54) is 24.5 Å². The molecule has 0 aliphatic carbocycles. The van der Waals surface area contributed by atoms with Crippen molar-refractivity contribution in [2.45, 2.75) is 39.7 Å². The number of para-hydroxylation sites is 2. The maximum atomic E-state index is 4.18. The SMILES string of the molecule is CCB(CC)CC.Cn1cnc2ccccc21. The Kier molecular flexibility index (Phi) is 5.81. The van der Waals surface area contributed by atoms with Crippen molar-refractivity contribution in [3.8, 4) is 0 Å². The van der Waals surface area contributed by atoms with Crippen LogP contribution in [0.4, 0.5) is 0 Å². The third-order valence-electron chi connectivity index (χ3n) is 3.36. The maximum absolute atomic E-state index is 4.18. The van der Waals surface area contributed by atoms with Gasteiger partial charge >= 0.3 is 0 Å². The fourth-order valence-electron chi connectivity index (χ4n) is 1.95. The molecule has 0 spiro atoms. The highest BCUT2D eigenvalue weighted by Gasteiger charge is 2.01. The van der Waals surface area contributed by atoms with Gasteiger partial charge in [-0.3, -0.25) is 0 Å². The van der Waals surface area contributed by atoms with Gasteiger partial charge in [-0.25, -0.2) is 4.98 Å². The van der Waals surface area contributed by atoms with Gasteiger partial charge in [-0.2, -0.15) is 0 Å². The smallest absolute Gasteiger partial charge is 0.139 e. The van der Waals surface area contributed by atoms with Crippen LogP contribution < -0.4 is 0 Å². The van der Waals surface area contributed by atoms with Crippen LogP contribution in [0, 0.1) is 0 Å². The summed E-state index contributed by atoms with van der Waals surface area (Å²) in [6.07, 6.45) is 5.89. The highest BCUT2D eigenvalue weighted by atomic mass is 15.0. The predicted octanol–water partition coefficient (Wildman–Crippen LogP) is 4.11. The zero-order chi connectivity index (χ0) is 12.7. The molecule has 0 bridgehead atoms. The second kappa shape index (κ2) is 7.15. The summed E-state index contributed by atoms with van der Waals surface area (Å²) in [5, 5.41) is 0. The maximum Gasteiger partial charge on any atom is 0.139 e. The molecule has 1 aromatic heterocycles. The molecule has 0 unspecified atom stereocenters. The van der Waals surface area contributed by atoms with E-state index in [2.05, 4.69) is 31.8 Å². The highest BCUT2D eigenvalue weighted by Crippen LogP contribution is 2.08. The third-order valence-corrected chi connectivity index (χ3v) is 3.36. The number of imidazole rings is 1. The molecule has 0 fully saturated rings. The first-order valence-electron chi connectivity index (χ1n) is 6.58.